The van der Waals surface area contributed by atoms with Gasteiger partial charge in [0.05, 0.1) is 0 Å². The fraction of sp³-hybridized carbons (Fsp3) is 0.850. The summed E-state index contributed by atoms with van der Waals surface area (Å²) in [6, 6.07) is 0. The van der Waals surface area contributed by atoms with Crippen molar-refractivity contribution in [2.75, 3.05) is 0 Å². The molecule has 1 aromatic heterocycles. The fourth-order valence-electron chi connectivity index (χ4n) is 2.99. The van der Waals surface area contributed by atoms with Crippen LogP contribution in [0.5, 0.6) is 0 Å². The minimum Gasteiger partial charge on any atom is -0.396 e. The van der Waals surface area contributed by atoms with Crippen molar-refractivity contribution in [2.24, 2.45) is 16.7 Å². The third-order valence-electron chi connectivity index (χ3n) is 4.36. The van der Waals surface area contributed by atoms with Gasteiger partial charge in [-0.3, -0.25) is 0 Å². The number of aryl methyl sites for hydroxylation is 1. The van der Waals surface area contributed by atoms with Gasteiger partial charge in [-0.15, -0.1) is 0 Å². The third-order valence-corrected chi connectivity index (χ3v) is 4.36. The molecular weight excluding hydrogens is 288 g/mol. The van der Waals surface area contributed by atoms with Gasteiger partial charge in [0.15, 0.2) is 0 Å². The van der Waals surface area contributed by atoms with Crippen LogP contribution in [0.15, 0.2) is 13.6 Å². The maximum atomic E-state index is 10.7. The first-order valence-electron chi connectivity index (χ1n) is 8.58. The molecule has 0 saturated heterocycles. The van der Waals surface area contributed by atoms with E-state index in [0.717, 1.165) is 12.3 Å². The Hall–Kier alpha value is -0.990. The summed E-state index contributed by atoms with van der Waals surface area (Å²) in [6.45, 7) is 15.1. The second-order valence-corrected chi connectivity index (χ2v) is 8.87. The molecule has 1 aliphatic carbocycles. The predicted molar refractivity (Wildman–Crippen MR) is 97.9 cm³/mol. The normalized spacial score (nSPS) is 16.3. The van der Waals surface area contributed by atoms with E-state index in [2.05, 4.69) is 41.5 Å². The highest BCUT2D eigenvalue weighted by atomic mass is 16.6. The summed E-state index contributed by atoms with van der Waals surface area (Å²) in [6.07, 6.45) is 8.11. The second kappa shape index (κ2) is 8.75. The van der Waals surface area contributed by atoms with Crippen LogP contribution in [-0.4, -0.2) is 0 Å². The standard InChI is InChI=1S/C10H20.C9H14O3.CH4/c1-10(2,3)9-7-5-4-6-8-9;1-6-7(5-9(2,3)4)12-8(10)11-6;/h9H,4-8H2,1-3H3;5H2,1-4H3;1H4. The van der Waals surface area contributed by atoms with E-state index in [1.807, 2.05) is 0 Å². The highest BCUT2D eigenvalue weighted by Gasteiger charge is 2.25. The van der Waals surface area contributed by atoms with Crippen LogP contribution >= 0.6 is 0 Å². The highest BCUT2D eigenvalue weighted by Crippen LogP contribution is 2.37. The fourth-order valence-corrected chi connectivity index (χ4v) is 2.99. The molecule has 1 fully saturated rings. The summed E-state index contributed by atoms with van der Waals surface area (Å²) in [5.41, 5.74) is 0.686. The van der Waals surface area contributed by atoms with Gasteiger partial charge in [-0.2, -0.15) is 0 Å². The Morgan fingerprint density at radius 2 is 1.48 bits per heavy atom. The van der Waals surface area contributed by atoms with Gasteiger partial charge in [0.1, 0.15) is 11.5 Å². The molecule has 3 nitrogen and oxygen atoms in total. The molecule has 1 heterocycles. The van der Waals surface area contributed by atoms with Crippen LogP contribution in [-0.2, 0) is 6.42 Å². The lowest BCUT2D eigenvalue weighted by atomic mass is 9.72. The Morgan fingerprint density at radius 1 is 0.957 bits per heavy atom. The zero-order chi connectivity index (χ0) is 17.0. The van der Waals surface area contributed by atoms with Gasteiger partial charge in [0.25, 0.3) is 0 Å². The maximum absolute atomic E-state index is 10.7. The van der Waals surface area contributed by atoms with Crippen molar-refractivity contribution in [2.45, 2.75) is 94.4 Å². The first kappa shape index (κ1) is 22.0. The number of rotatable bonds is 1. The van der Waals surface area contributed by atoms with E-state index >= 15 is 0 Å². The zero-order valence-electron chi connectivity index (χ0n) is 15.5. The quantitative estimate of drug-likeness (QED) is 0.601. The molecule has 2 rings (SSSR count). The van der Waals surface area contributed by atoms with Gasteiger partial charge in [-0.25, -0.2) is 4.79 Å². The lowest BCUT2D eigenvalue weighted by Crippen LogP contribution is -2.22. The highest BCUT2D eigenvalue weighted by molar-refractivity contribution is 5.02. The van der Waals surface area contributed by atoms with Crippen LogP contribution in [0.2, 0.25) is 0 Å². The molecule has 23 heavy (non-hydrogen) atoms. The van der Waals surface area contributed by atoms with Crippen molar-refractivity contribution in [1.29, 1.82) is 0 Å². The van der Waals surface area contributed by atoms with E-state index in [9.17, 15) is 4.79 Å². The van der Waals surface area contributed by atoms with Crippen molar-refractivity contribution < 1.29 is 8.83 Å². The molecule has 0 aromatic carbocycles. The number of hydrogen-bond donors (Lipinski definition) is 0. The van der Waals surface area contributed by atoms with E-state index in [0.29, 0.717) is 16.9 Å². The van der Waals surface area contributed by atoms with Crippen LogP contribution < -0.4 is 5.82 Å². The van der Waals surface area contributed by atoms with Gasteiger partial charge < -0.3 is 8.83 Å². The summed E-state index contributed by atoms with van der Waals surface area (Å²) in [5.74, 6) is 1.65. The van der Waals surface area contributed by atoms with Crippen molar-refractivity contribution in [1.82, 2.24) is 0 Å². The third kappa shape index (κ3) is 8.43. The Bertz CT molecular complexity index is 488. The van der Waals surface area contributed by atoms with Crippen molar-refractivity contribution in [3.8, 4) is 0 Å². The lowest BCUT2D eigenvalue weighted by Gasteiger charge is -2.33. The van der Waals surface area contributed by atoms with Gasteiger partial charge in [-0.05, 0) is 36.5 Å². The van der Waals surface area contributed by atoms with Gasteiger partial charge >= 0.3 is 5.82 Å². The molecule has 0 aliphatic heterocycles. The predicted octanol–water partition coefficient (Wildman–Crippen LogP) is 6.38. The summed E-state index contributed by atoms with van der Waals surface area (Å²) < 4.78 is 9.61. The zero-order valence-corrected chi connectivity index (χ0v) is 15.5. The van der Waals surface area contributed by atoms with Crippen molar-refractivity contribution in [3.63, 3.8) is 0 Å². The molecule has 0 N–H and O–H groups in total. The van der Waals surface area contributed by atoms with Crippen molar-refractivity contribution >= 4 is 0 Å². The topological polar surface area (TPSA) is 43.4 Å². The molecule has 136 valence electrons. The molecular formula is C20H38O3. The van der Waals surface area contributed by atoms with E-state index in [1.54, 1.807) is 6.92 Å². The molecule has 1 aliphatic rings. The van der Waals surface area contributed by atoms with Crippen LogP contribution in [0.4, 0.5) is 0 Å². The van der Waals surface area contributed by atoms with Crippen LogP contribution in [0.25, 0.3) is 0 Å². The minimum atomic E-state index is -0.605. The van der Waals surface area contributed by atoms with E-state index in [4.69, 9.17) is 8.83 Å². The van der Waals surface area contributed by atoms with E-state index < -0.39 is 5.82 Å². The monoisotopic (exact) mass is 326 g/mol. The first-order valence-corrected chi connectivity index (χ1v) is 8.58. The van der Waals surface area contributed by atoms with Crippen molar-refractivity contribution in [3.05, 3.63) is 22.1 Å². The van der Waals surface area contributed by atoms with E-state index in [1.165, 1.54) is 32.1 Å². The van der Waals surface area contributed by atoms with Crippen LogP contribution in [0.1, 0.15) is 92.6 Å². The average Bonchev–Trinajstić information content (AvgIpc) is 2.66. The lowest BCUT2D eigenvalue weighted by molar-refractivity contribution is 0.180. The molecule has 0 bridgehead atoms. The van der Waals surface area contributed by atoms with Gasteiger partial charge in [-0.1, -0.05) is 68.2 Å². The molecule has 1 aromatic rings. The Morgan fingerprint density at radius 3 is 1.78 bits per heavy atom. The molecule has 0 radical (unpaired) electrons. The SMILES string of the molecule is C.CC(C)(C)C1CCCCC1.Cc1oc(=O)oc1CC(C)(C)C. The summed E-state index contributed by atoms with van der Waals surface area (Å²) >= 11 is 0. The van der Waals surface area contributed by atoms with Crippen LogP contribution in [0, 0.1) is 23.7 Å². The first-order chi connectivity index (χ1) is 9.99. The molecule has 0 spiro atoms. The smallest absolute Gasteiger partial charge is 0.396 e. The second-order valence-electron chi connectivity index (χ2n) is 8.87. The summed E-state index contributed by atoms with van der Waals surface area (Å²) in [4.78, 5) is 10.7. The summed E-state index contributed by atoms with van der Waals surface area (Å²) in [7, 11) is 0. The molecule has 0 amide bonds. The summed E-state index contributed by atoms with van der Waals surface area (Å²) in [5, 5.41) is 0. The van der Waals surface area contributed by atoms with Gasteiger partial charge in [0.2, 0.25) is 0 Å². The molecule has 0 unspecified atom stereocenters. The Kier molecular flexibility index (Phi) is 8.37. The largest absolute Gasteiger partial charge is 0.519 e. The van der Waals surface area contributed by atoms with Gasteiger partial charge in [0, 0.05) is 6.42 Å². The maximum Gasteiger partial charge on any atom is 0.519 e. The molecule has 3 heteroatoms. The average molecular weight is 327 g/mol. The number of hydrogen-bond acceptors (Lipinski definition) is 3. The van der Waals surface area contributed by atoms with E-state index in [-0.39, 0.29) is 12.8 Å². The molecule has 0 atom stereocenters. The minimum absolute atomic E-state index is 0. The Balaban J connectivity index is 0.000000409. The molecule has 1 saturated carbocycles. The van der Waals surface area contributed by atoms with Crippen LogP contribution in [0.3, 0.4) is 0 Å². The Labute approximate surface area is 142 Å².